The predicted molar refractivity (Wildman–Crippen MR) is 80.7 cm³/mol. The lowest BCUT2D eigenvalue weighted by molar-refractivity contribution is -0.386. The number of nitrogens with zero attached hydrogens (tertiary/aromatic N) is 2. The Hall–Kier alpha value is -1.02. The molecule has 1 fully saturated rings. The third-order valence-corrected chi connectivity index (χ3v) is 3.29. The van der Waals surface area contributed by atoms with Crippen LogP contribution in [0.15, 0.2) is 18.2 Å². The van der Waals surface area contributed by atoms with Crippen molar-refractivity contribution in [2.45, 2.75) is 6.04 Å². The Bertz CT molecular complexity index is 474. The van der Waals surface area contributed by atoms with Crippen LogP contribution in [0.25, 0.3) is 0 Å². The minimum atomic E-state index is -0.730. The minimum Gasteiger partial charge on any atom is -0.314 e. The molecule has 1 N–H and O–H groups in total. The largest absolute Gasteiger partial charge is 0.314 e. The number of benzene rings is 1. The Morgan fingerprint density at radius 2 is 1.95 bits per heavy atom. The molecule has 0 radical (unpaired) electrons. The lowest BCUT2D eigenvalue weighted by atomic mass is 10.0. The van der Waals surface area contributed by atoms with E-state index < -0.39 is 23.5 Å². The fourth-order valence-corrected chi connectivity index (χ4v) is 2.33. The number of nitro groups is 1. The lowest BCUT2D eigenvalue weighted by Gasteiger charge is -2.33. The molecule has 1 atom stereocenters. The number of hydrogen-bond acceptors (Lipinski definition) is 4. The molecule has 1 aliphatic rings. The zero-order valence-corrected chi connectivity index (χ0v) is 12.8. The summed E-state index contributed by atoms with van der Waals surface area (Å²) in [5.74, 6) is -0.687. The molecule has 1 aliphatic heterocycles. The summed E-state index contributed by atoms with van der Waals surface area (Å²) in [6.45, 7) is 1.93. The van der Waals surface area contributed by atoms with Crippen molar-refractivity contribution < 1.29 is 13.7 Å². The number of hydrogen-bond donors (Lipinski definition) is 1. The first-order valence-corrected chi connectivity index (χ1v) is 6.08. The van der Waals surface area contributed by atoms with Crippen molar-refractivity contribution in [2.75, 3.05) is 32.9 Å². The monoisotopic (exact) mass is 343 g/mol. The van der Waals surface area contributed by atoms with Gasteiger partial charge in [0.15, 0.2) is 0 Å². The molecule has 0 amide bonds. The SMILES string of the molecule is Cl.Cl.O=[N+]([O-])c1cc(F)ccc1[C@H](CF)N1CCNCC1. The maximum atomic E-state index is 13.3. The van der Waals surface area contributed by atoms with Gasteiger partial charge in [-0.3, -0.25) is 15.0 Å². The van der Waals surface area contributed by atoms with Crippen LogP contribution in [-0.2, 0) is 0 Å². The van der Waals surface area contributed by atoms with E-state index in [1.54, 1.807) is 0 Å². The highest BCUT2D eigenvalue weighted by atomic mass is 35.5. The van der Waals surface area contributed by atoms with Gasteiger partial charge in [-0.05, 0) is 12.1 Å². The van der Waals surface area contributed by atoms with Gasteiger partial charge in [-0.25, -0.2) is 8.78 Å². The summed E-state index contributed by atoms with van der Waals surface area (Å²) in [4.78, 5) is 12.1. The molecule has 1 saturated heterocycles. The van der Waals surface area contributed by atoms with Gasteiger partial charge in [0.25, 0.3) is 5.69 Å². The van der Waals surface area contributed by atoms with Crippen molar-refractivity contribution in [3.8, 4) is 0 Å². The summed E-state index contributed by atoms with van der Waals surface area (Å²) in [7, 11) is 0. The van der Waals surface area contributed by atoms with E-state index in [-0.39, 0.29) is 36.1 Å². The zero-order chi connectivity index (χ0) is 13.8. The minimum absolute atomic E-state index is 0. The number of alkyl halides is 1. The molecule has 2 rings (SSSR count). The topological polar surface area (TPSA) is 58.4 Å². The van der Waals surface area contributed by atoms with Crippen LogP contribution in [0.2, 0.25) is 0 Å². The van der Waals surface area contributed by atoms with Crippen LogP contribution in [-0.4, -0.2) is 42.7 Å². The molecular weight excluding hydrogens is 327 g/mol. The van der Waals surface area contributed by atoms with Crippen LogP contribution < -0.4 is 5.32 Å². The van der Waals surface area contributed by atoms with E-state index in [0.29, 0.717) is 26.2 Å². The van der Waals surface area contributed by atoms with Gasteiger partial charge in [0, 0.05) is 31.7 Å². The van der Waals surface area contributed by atoms with Crippen LogP contribution in [0.3, 0.4) is 0 Å². The standard InChI is InChI=1S/C12H15F2N3O2.2ClH/c13-8-12(16-5-3-15-4-6-16)10-2-1-9(14)7-11(10)17(18)19;;/h1-2,7,12,15H,3-6,8H2;2*1H/t12-;;/m0../s1. The van der Waals surface area contributed by atoms with Crippen molar-refractivity contribution in [3.05, 3.63) is 39.7 Å². The maximum absolute atomic E-state index is 13.3. The molecular formula is C12H17Cl2F2N3O2. The van der Waals surface area contributed by atoms with E-state index in [2.05, 4.69) is 5.32 Å². The van der Waals surface area contributed by atoms with E-state index in [4.69, 9.17) is 0 Å². The summed E-state index contributed by atoms with van der Waals surface area (Å²) >= 11 is 0. The van der Waals surface area contributed by atoms with Crippen LogP contribution in [0.1, 0.15) is 11.6 Å². The first-order valence-electron chi connectivity index (χ1n) is 6.08. The van der Waals surface area contributed by atoms with Gasteiger partial charge in [0.1, 0.15) is 12.5 Å². The quantitative estimate of drug-likeness (QED) is 0.674. The second kappa shape index (κ2) is 9.09. The van der Waals surface area contributed by atoms with Crippen LogP contribution >= 0.6 is 24.8 Å². The summed E-state index contributed by atoms with van der Waals surface area (Å²) in [5, 5.41) is 14.1. The Kier molecular flexibility index (Phi) is 8.65. The van der Waals surface area contributed by atoms with Crippen molar-refractivity contribution >= 4 is 30.5 Å². The molecule has 0 aromatic heterocycles. The fraction of sp³-hybridized carbons (Fsp3) is 0.500. The summed E-state index contributed by atoms with van der Waals surface area (Å²) < 4.78 is 26.4. The fourth-order valence-electron chi connectivity index (χ4n) is 2.33. The first kappa shape index (κ1) is 20.0. The van der Waals surface area contributed by atoms with Crippen molar-refractivity contribution in [1.29, 1.82) is 0 Å². The van der Waals surface area contributed by atoms with Crippen molar-refractivity contribution in [1.82, 2.24) is 10.2 Å². The normalized spacial score (nSPS) is 16.5. The van der Waals surface area contributed by atoms with Gasteiger partial charge in [-0.15, -0.1) is 24.8 Å². The molecule has 1 aromatic carbocycles. The van der Waals surface area contributed by atoms with Gasteiger partial charge in [-0.2, -0.15) is 0 Å². The molecule has 1 heterocycles. The maximum Gasteiger partial charge on any atom is 0.277 e. The van der Waals surface area contributed by atoms with Crippen molar-refractivity contribution in [2.24, 2.45) is 0 Å². The van der Waals surface area contributed by atoms with Gasteiger partial charge >= 0.3 is 0 Å². The zero-order valence-electron chi connectivity index (χ0n) is 11.1. The van der Waals surface area contributed by atoms with Gasteiger partial charge in [-0.1, -0.05) is 0 Å². The molecule has 21 heavy (non-hydrogen) atoms. The molecule has 5 nitrogen and oxygen atoms in total. The number of piperazine rings is 1. The lowest BCUT2D eigenvalue weighted by Crippen LogP contribution is -2.45. The third-order valence-electron chi connectivity index (χ3n) is 3.29. The summed E-state index contributed by atoms with van der Waals surface area (Å²) in [5.41, 5.74) is -0.128. The van der Waals surface area contributed by atoms with E-state index in [1.807, 2.05) is 4.90 Å². The second-order valence-corrected chi connectivity index (χ2v) is 4.42. The number of rotatable bonds is 4. The van der Waals surface area contributed by atoms with E-state index in [9.17, 15) is 18.9 Å². The van der Waals surface area contributed by atoms with E-state index in [1.165, 1.54) is 6.07 Å². The highest BCUT2D eigenvalue weighted by molar-refractivity contribution is 5.85. The molecule has 0 bridgehead atoms. The van der Waals surface area contributed by atoms with Crippen molar-refractivity contribution in [3.63, 3.8) is 0 Å². The molecule has 0 spiro atoms. The molecule has 0 aliphatic carbocycles. The Balaban J connectivity index is 0.00000200. The molecule has 9 heteroatoms. The third kappa shape index (κ3) is 4.74. The number of nitrogens with one attached hydrogen (secondary N) is 1. The molecule has 120 valence electrons. The number of nitro benzene ring substituents is 1. The summed E-state index contributed by atoms with van der Waals surface area (Å²) in [6.07, 6.45) is 0. The number of halogens is 4. The Labute approximate surface area is 133 Å². The second-order valence-electron chi connectivity index (χ2n) is 4.42. The van der Waals surface area contributed by atoms with Gasteiger partial charge in [0.05, 0.1) is 17.0 Å². The average molecular weight is 344 g/mol. The van der Waals surface area contributed by atoms with Crippen LogP contribution in [0.4, 0.5) is 14.5 Å². The Morgan fingerprint density at radius 1 is 1.33 bits per heavy atom. The molecule has 0 unspecified atom stereocenters. The molecule has 1 aromatic rings. The van der Waals surface area contributed by atoms with Crippen LogP contribution in [0.5, 0.6) is 0 Å². The average Bonchev–Trinajstić information content (AvgIpc) is 2.42. The van der Waals surface area contributed by atoms with Gasteiger partial charge < -0.3 is 5.32 Å². The first-order chi connectivity index (χ1) is 9.13. The molecule has 0 saturated carbocycles. The Morgan fingerprint density at radius 3 is 2.48 bits per heavy atom. The smallest absolute Gasteiger partial charge is 0.277 e. The predicted octanol–water partition coefficient (Wildman–Crippen LogP) is 2.49. The highest BCUT2D eigenvalue weighted by Gasteiger charge is 2.28. The van der Waals surface area contributed by atoms with E-state index >= 15 is 0 Å². The van der Waals surface area contributed by atoms with E-state index in [0.717, 1.165) is 12.1 Å². The van der Waals surface area contributed by atoms with Crippen LogP contribution in [0, 0.1) is 15.9 Å². The van der Waals surface area contributed by atoms with Gasteiger partial charge in [0.2, 0.25) is 0 Å². The highest BCUT2D eigenvalue weighted by Crippen LogP contribution is 2.30. The summed E-state index contributed by atoms with van der Waals surface area (Å²) in [6, 6.07) is 2.59.